The number of rotatable bonds is 3. The first-order chi connectivity index (χ1) is 13.8. The number of aromatic nitrogens is 1. The molecule has 2 aliphatic heterocycles. The molecule has 0 radical (unpaired) electrons. The van der Waals surface area contributed by atoms with Crippen molar-refractivity contribution in [3.63, 3.8) is 0 Å². The van der Waals surface area contributed by atoms with Crippen LogP contribution in [0.25, 0.3) is 10.9 Å². The Labute approximate surface area is 165 Å². The van der Waals surface area contributed by atoms with Gasteiger partial charge in [0.1, 0.15) is 5.69 Å². The minimum absolute atomic E-state index is 0.145. The molecule has 5 heteroatoms. The Morgan fingerprint density at radius 3 is 2.64 bits per heavy atom. The second kappa shape index (κ2) is 6.89. The molecular weight excluding hydrogens is 348 g/mol. The number of anilines is 2. The van der Waals surface area contributed by atoms with Crippen molar-refractivity contribution < 1.29 is 4.79 Å². The van der Waals surface area contributed by atoms with Crippen molar-refractivity contribution in [3.05, 3.63) is 59.8 Å². The zero-order valence-electron chi connectivity index (χ0n) is 16.2. The molecule has 5 rings (SSSR count). The number of aromatic amines is 1. The first-order valence-electron chi connectivity index (χ1n) is 10.2. The highest BCUT2D eigenvalue weighted by Crippen LogP contribution is 2.35. The largest absolute Gasteiger partial charge is 0.366 e. The number of hydrogen-bond donors (Lipinski definition) is 2. The second-order valence-corrected chi connectivity index (χ2v) is 7.72. The third-order valence-corrected chi connectivity index (χ3v) is 6.23. The highest BCUT2D eigenvalue weighted by atomic mass is 16.2. The Morgan fingerprint density at radius 2 is 1.82 bits per heavy atom. The summed E-state index contributed by atoms with van der Waals surface area (Å²) in [6.07, 6.45) is 2.87. The number of likely N-dealkylation sites (tertiary alicyclic amines) is 1. The monoisotopic (exact) mass is 374 g/mol. The Morgan fingerprint density at radius 1 is 1.07 bits per heavy atom. The fourth-order valence-corrected chi connectivity index (χ4v) is 4.74. The lowest BCUT2D eigenvalue weighted by atomic mass is 10.0. The minimum atomic E-state index is 0.145. The van der Waals surface area contributed by atoms with E-state index in [-0.39, 0.29) is 5.91 Å². The molecule has 0 unspecified atom stereocenters. The fraction of sp³-hybridized carbons (Fsp3) is 0.348. The van der Waals surface area contributed by atoms with Crippen LogP contribution in [0, 0.1) is 0 Å². The molecule has 0 saturated carbocycles. The summed E-state index contributed by atoms with van der Waals surface area (Å²) in [6.45, 7) is 4.60. The number of H-pyrrole nitrogens is 1. The molecule has 0 bridgehead atoms. The first kappa shape index (κ1) is 17.2. The maximum absolute atomic E-state index is 13.2. The van der Waals surface area contributed by atoms with Crippen LogP contribution in [0.15, 0.2) is 48.5 Å². The van der Waals surface area contributed by atoms with Crippen molar-refractivity contribution in [1.82, 2.24) is 9.88 Å². The SMILES string of the molecule is CCc1c(C(=O)N2CCC(N3CNc4ccccc43)CC2)[nH]c2ccccc12. The van der Waals surface area contributed by atoms with E-state index in [1.807, 2.05) is 17.0 Å². The number of nitrogens with zero attached hydrogens (tertiary/aromatic N) is 2. The molecule has 3 heterocycles. The number of para-hydroxylation sites is 3. The van der Waals surface area contributed by atoms with Crippen LogP contribution in [-0.4, -0.2) is 41.6 Å². The lowest BCUT2D eigenvalue weighted by molar-refractivity contribution is 0.0707. The van der Waals surface area contributed by atoms with E-state index in [4.69, 9.17) is 0 Å². The van der Waals surface area contributed by atoms with Gasteiger partial charge >= 0.3 is 0 Å². The normalized spacial score (nSPS) is 17.0. The average Bonchev–Trinajstić information content (AvgIpc) is 3.34. The molecule has 2 aliphatic rings. The van der Waals surface area contributed by atoms with Crippen molar-refractivity contribution in [2.75, 3.05) is 30.0 Å². The number of nitrogens with one attached hydrogen (secondary N) is 2. The maximum Gasteiger partial charge on any atom is 0.270 e. The van der Waals surface area contributed by atoms with Gasteiger partial charge in [0.15, 0.2) is 0 Å². The molecule has 1 amide bonds. The van der Waals surface area contributed by atoms with Gasteiger partial charge in [-0.2, -0.15) is 0 Å². The third-order valence-electron chi connectivity index (χ3n) is 6.23. The van der Waals surface area contributed by atoms with Crippen molar-refractivity contribution in [2.24, 2.45) is 0 Å². The molecule has 0 spiro atoms. The lowest BCUT2D eigenvalue weighted by Crippen LogP contribution is -2.47. The summed E-state index contributed by atoms with van der Waals surface area (Å²) in [6, 6.07) is 17.2. The van der Waals surface area contributed by atoms with E-state index in [9.17, 15) is 4.79 Å². The fourth-order valence-electron chi connectivity index (χ4n) is 4.74. The average molecular weight is 374 g/mol. The number of hydrogen-bond acceptors (Lipinski definition) is 3. The van der Waals surface area contributed by atoms with Gasteiger partial charge in [-0.15, -0.1) is 0 Å². The van der Waals surface area contributed by atoms with Crippen LogP contribution in [0.2, 0.25) is 0 Å². The van der Waals surface area contributed by atoms with Crippen LogP contribution in [0.3, 0.4) is 0 Å². The van der Waals surface area contributed by atoms with Crippen molar-refractivity contribution in [2.45, 2.75) is 32.2 Å². The van der Waals surface area contributed by atoms with Crippen LogP contribution in [0.4, 0.5) is 11.4 Å². The van der Waals surface area contributed by atoms with Crippen LogP contribution < -0.4 is 10.2 Å². The number of carbonyl (C=O) groups excluding carboxylic acids is 1. The number of piperidine rings is 1. The summed E-state index contributed by atoms with van der Waals surface area (Å²) in [4.78, 5) is 21.1. The zero-order valence-corrected chi connectivity index (χ0v) is 16.2. The summed E-state index contributed by atoms with van der Waals surface area (Å²) in [7, 11) is 0. The van der Waals surface area contributed by atoms with Gasteiger partial charge in [-0.05, 0) is 43.0 Å². The van der Waals surface area contributed by atoms with Crippen LogP contribution in [0.1, 0.15) is 35.8 Å². The molecule has 144 valence electrons. The molecule has 1 aromatic heterocycles. The Bertz CT molecular complexity index is 1020. The van der Waals surface area contributed by atoms with E-state index in [2.05, 4.69) is 58.5 Å². The standard InChI is InChI=1S/C23H26N4O/c1-2-17-18-7-3-4-8-19(18)25-22(17)23(28)26-13-11-16(12-14-26)27-15-24-20-9-5-6-10-21(20)27/h3-10,16,24-25H,2,11-15H2,1H3. The molecule has 2 N–H and O–H groups in total. The highest BCUT2D eigenvalue weighted by molar-refractivity contribution is 6.01. The number of aryl methyl sites for hydroxylation is 1. The molecule has 28 heavy (non-hydrogen) atoms. The predicted octanol–water partition coefficient (Wildman–Crippen LogP) is 4.22. The number of fused-ring (bicyclic) bond motifs is 2. The summed E-state index contributed by atoms with van der Waals surface area (Å²) >= 11 is 0. The van der Waals surface area contributed by atoms with Crippen LogP contribution >= 0.6 is 0 Å². The summed E-state index contributed by atoms with van der Waals surface area (Å²) in [5, 5.41) is 4.65. The highest BCUT2D eigenvalue weighted by Gasteiger charge is 2.31. The molecule has 2 aromatic carbocycles. The Balaban J connectivity index is 1.32. The van der Waals surface area contributed by atoms with Crippen LogP contribution in [0.5, 0.6) is 0 Å². The smallest absolute Gasteiger partial charge is 0.270 e. The van der Waals surface area contributed by atoms with E-state index >= 15 is 0 Å². The second-order valence-electron chi connectivity index (χ2n) is 7.72. The van der Waals surface area contributed by atoms with Crippen molar-refractivity contribution in [1.29, 1.82) is 0 Å². The molecule has 3 aromatic rings. The zero-order chi connectivity index (χ0) is 19.1. The van der Waals surface area contributed by atoms with Crippen molar-refractivity contribution in [3.8, 4) is 0 Å². The van der Waals surface area contributed by atoms with E-state index in [1.54, 1.807) is 0 Å². The van der Waals surface area contributed by atoms with E-state index < -0.39 is 0 Å². The summed E-state index contributed by atoms with van der Waals surface area (Å²) < 4.78 is 0. The number of carbonyl (C=O) groups is 1. The van der Waals surface area contributed by atoms with E-state index in [0.717, 1.165) is 55.8 Å². The summed E-state index contributed by atoms with van der Waals surface area (Å²) in [5.41, 5.74) is 5.47. The van der Waals surface area contributed by atoms with Crippen LogP contribution in [-0.2, 0) is 6.42 Å². The lowest BCUT2D eigenvalue weighted by Gasteiger charge is -2.37. The van der Waals surface area contributed by atoms with Gasteiger partial charge in [0.25, 0.3) is 5.91 Å². The predicted molar refractivity (Wildman–Crippen MR) is 114 cm³/mol. The van der Waals surface area contributed by atoms with Gasteiger partial charge in [0, 0.05) is 30.0 Å². The van der Waals surface area contributed by atoms with Crippen molar-refractivity contribution >= 4 is 28.2 Å². The number of benzene rings is 2. The van der Waals surface area contributed by atoms with Gasteiger partial charge < -0.3 is 20.1 Å². The Kier molecular flexibility index (Phi) is 4.23. The number of amides is 1. The maximum atomic E-state index is 13.2. The van der Waals surface area contributed by atoms with Gasteiger partial charge in [0.05, 0.1) is 18.0 Å². The molecule has 5 nitrogen and oxygen atoms in total. The van der Waals surface area contributed by atoms with Gasteiger partial charge in [0.2, 0.25) is 0 Å². The first-order valence-corrected chi connectivity index (χ1v) is 10.2. The van der Waals surface area contributed by atoms with Gasteiger partial charge in [-0.25, -0.2) is 0 Å². The molecule has 0 atom stereocenters. The van der Waals surface area contributed by atoms with E-state index in [1.165, 1.54) is 16.8 Å². The quantitative estimate of drug-likeness (QED) is 0.722. The summed E-state index contributed by atoms with van der Waals surface area (Å²) in [5.74, 6) is 0.145. The third kappa shape index (κ3) is 2.73. The molecule has 1 saturated heterocycles. The van der Waals surface area contributed by atoms with Gasteiger partial charge in [-0.1, -0.05) is 37.3 Å². The topological polar surface area (TPSA) is 51.4 Å². The Hall–Kier alpha value is -2.95. The molecule has 0 aliphatic carbocycles. The van der Waals surface area contributed by atoms with Gasteiger partial charge in [-0.3, -0.25) is 4.79 Å². The minimum Gasteiger partial charge on any atom is -0.366 e. The molecular formula is C23H26N4O. The molecule has 1 fully saturated rings. The van der Waals surface area contributed by atoms with E-state index in [0.29, 0.717) is 6.04 Å².